The van der Waals surface area contributed by atoms with E-state index in [1.807, 2.05) is 12.1 Å². The van der Waals surface area contributed by atoms with Gasteiger partial charge in [0.25, 0.3) is 5.69 Å². The Balaban J connectivity index is 1.88. The third kappa shape index (κ3) is 3.00. The molecule has 3 aromatic rings. The Bertz CT molecular complexity index is 926. The number of aryl methyl sites for hydroxylation is 1. The van der Waals surface area contributed by atoms with Gasteiger partial charge in [0.05, 0.1) is 10.5 Å². The van der Waals surface area contributed by atoms with Crippen LogP contribution in [0.3, 0.4) is 0 Å². The minimum atomic E-state index is -0.457. The zero-order valence-corrected chi connectivity index (χ0v) is 12.7. The van der Waals surface area contributed by atoms with E-state index in [1.165, 1.54) is 18.3 Å². The van der Waals surface area contributed by atoms with Crippen LogP contribution in [-0.4, -0.2) is 16.2 Å². The van der Waals surface area contributed by atoms with Crippen molar-refractivity contribution in [2.24, 2.45) is 0 Å². The van der Waals surface area contributed by atoms with E-state index in [-0.39, 0.29) is 17.2 Å². The van der Waals surface area contributed by atoms with Crippen LogP contribution >= 0.6 is 0 Å². The molecule has 120 valence electrons. The van der Waals surface area contributed by atoms with E-state index in [0.717, 1.165) is 0 Å². The summed E-state index contributed by atoms with van der Waals surface area (Å²) in [5.74, 6) is 0.207. The molecule has 0 amide bonds. The van der Waals surface area contributed by atoms with Gasteiger partial charge in [-0.3, -0.25) is 14.9 Å². The molecular weight excluding hydrogens is 310 g/mol. The number of allylic oxidation sites excluding steroid dienone is 1. The molecule has 0 aliphatic heterocycles. The van der Waals surface area contributed by atoms with Gasteiger partial charge in [-0.25, -0.2) is 4.98 Å². The van der Waals surface area contributed by atoms with Crippen molar-refractivity contribution in [3.63, 3.8) is 0 Å². The van der Waals surface area contributed by atoms with E-state index in [1.54, 1.807) is 25.1 Å². The lowest BCUT2D eigenvalue weighted by molar-refractivity contribution is -0.384. The fourth-order valence-corrected chi connectivity index (χ4v) is 2.22. The Kier molecular flexibility index (Phi) is 4.07. The highest BCUT2D eigenvalue weighted by atomic mass is 16.6. The van der Waals surface area contributed by atoms with Crippen molar-refractivity contribution in [2.75, 3.05) is 5.32 Å². The second kappa shape index (κ2) is 6.33. The Hall–Kier alpha value is -3.48. The summed E-state index contributed by atoms with van der Waals surface area (Å²) in [7, 11) is 0. The number of oxazole rings is 1. The lowest BCUT2D eigenvalue weighted by atomic mass is 10.2. The molecule has 24 heavy (non-hydrogen) atoms. The van der Waals surface area contributed by atoms with Crippen LogP contribution < -0.4 is 5.32 Å². The predicted octanol–water partition coefficient (Wildman–Crippen LogP) is 3.70. The van der Waals surface area contributed by atoms with Gasteiger partial charge in [0.1, 0.15) is 5.52 Å². The molecule has 0 unspecified atom stereocenters. The molecule has 3 rings (SSSR count). The molecule has 0 radical (unpaired) electrons. The van der Waals surface area contributed by atoms with Crippen molar-refractivity contribution in [3.05, 3.63) is 70.2 Å². The van der Waals surface area contributed by atoms with Gasteiger partial charge in [-0.15, -0.1) is 0 Å². The number of carbonyl (C=O) groups excluding carboxylic acids is 1. The van der Waals surface area contributed by atoms with Gasteiger partial charge < -0.3 is 9.73 Å². The first-order valence-corrected chi connectivity index (χ1v) is 7.11. The number of hydrogen-bond acceptors (Lipinski definition) is 6. The number of rotatable bonds is 5. The van der Waals surface area contributed by atoms with Crippen LogP contribution in [0.5, 0.6) is 0 Å². The van der Waals surface area contributed by atoms with Gasteiger partial charge in [0.2, 0.25) is 5.89 Å². The van der Waals surface area contributed by atoms with E-state index in [4.69, 9.17) is 4.42 Å². The number of hydrogen-bond donors (Lipinski definition) is 1. The minimum absolute atomic E-state index is 0.0107. The third-order valence-corrected chi connectivity index (χ3v) is 3.47. The van der Waals surface area contributed by atoms with Crippen molar-refractivity contribution in [1.29, 1.82) is 0 Å². The molecule has 0 atom stereocenters. The smallest absolute Gasteiger partial charge is 0.269 e. The zero-order chi connectivity index (χ0) is 17.1. The summed E-state index contributed by atoms with van der Waals surface area (Å²) in [5, 5.41) is 13.7. The maximum absolute atomic E-state index is 11.3. The van der Waals surface area contributed by atoms with Crippen LogP contribution in [0, 0.1) is 17.0 Å². The van der Waals surface area contributed by atoms with E-state index in [0.29, 0.717) is 28.6 Å². The van der Waals surface area contributed by atoms with Gasteiger partial charge in [-0.1, -0.05) is 12.1 Å². The molecule has 0 bridgehead atoms. The summed E-state index contributed by atoms with van der Waals surface area (Å²) in [4.78, 5) is 25.9. The van der Waals surface area contributed by atoms with Crippen molar-refractivity contribution in [2.45, 2.75) is 6.92 Å². The molecule has 0 spiro atoms. The topological polar surface area (TPSA) is 98.3 Å². The van der Waals surface area contributed by atoms with E-state index < -0.39 is 4.92 Å². The number of nitrogens with one attached hydrogen (secondary N) is 1. The highest BCUT2D eigenvalue weighted by Crippen LogP contribution is 2.23. The first kappa shape index (κ1) is 15.4. The number of nitrogens with zero attached hydrogens (tertiary/aromatic N) is 2. The molecule has 2 aromatic carbocycles. The van der Waals surface area contributed by atoms with Gasteiger partial charge >= 0.3 is 0 Å². The first-order valence-electron chi connectivity index (χ1n) is 7.11. The number of non-ortho nitro benzene ring substituents is 1. The fourth-order valence-electron chi connectivity index (χ4n) is 2.22. The van der Waals surface area contributed by atoms with E-state index in [9.17, 15) is 14.9 Å². The highest BCUT2D eigenvalue weighted by molar-refractivity contribution is 6.06. The maximum Gasteiger partial charge on any atom is 0.269 e. The number of aldehydes is 1. The Morgan fingerprint density at radius 1 is 1.29 bits per heavy atom. The van der Waals surface area contributed by atoms with Crippen molar-refractivity contribution >= 4 is 34.3 Å². The number of nitro groups is 1. The Labute approximate surface area is 136 Å². The van der Waals surface area contributed by atoms with Gasteiger partial charge in [0.15, 0.2) is 11.9 Å². The summed E-state index contributed by atoms with van der Waals surface area (Å²) < 4.78 is 5.55. The molecule has 0 saturated heterocycles. The summed E-state index contributed by atoms with van der Waals surface area (Å²) in [6.45, 7) is 1.74. The predicted molar refractivity (Wildman–Crippen MR) is 89.5 cm³/mol. The van der Waals surface area contributed by atoms with Gasteiger partial charge in [-0.2, -0.15) is 0 Å². The largest absolute Gasteiger partial charge is 0.436 e. The monoisotopic (exact) mass is 323 g/mol. The van der Waals surface area contributed by atoms with Crippen molar-refractivity contribution < 1.29 is 14.1 Å². The molecule has 7 heteroatoms. The van der Waals surface area contributed by atoms with Gasteiger partial charge in [-0.05, 0) is 30.7 Å². The van der Waals surface area contributed by atoms with Crippen molar-refractivity contribution in [3.8, 4) is 0 Å². The molecule has 0 saturated carbocycles. The highest BCUT2D eigenvalue weighted by Gasteiger charge is 2.11. The number of para-hydroxylation sites is 2. The quantitative estimate of drug-likeness (QED) is 0.333. The molecule has 7 nitrogen and oxygen atoms in total. The standard InChI is InChI=1S/C17H13N3O4/c1-11-8-13(20(22)23)6-7-14(11)18-9-12(10-21)17-19-15-4-2-3-5-16(15)24-17/h2-10,18H,1H3. The van der Waals surface area contributed by atoms with E-state index >= 15 is 0 Å². The first-order chi connectivity index (χ1) is 11.6. The normalized spacial score (nSPS) is 11.5. The second-order valence-corrected chi connectivity index (χ2v) is 5.10. The molecule has 0 aliphatic carbocycles. The summed E-state index contributed by atoms with van der Waals surface area (Å²) in [6, 6.07) is 11.6. The maximum atomic E-state index is 11.3. The number of nitro benzene ring substituents is 1. The number of benzene rings is 2. The molecule has 1 heterocycles. The number of aromatic nitrogens is 1. The number of fused-ring (bicyclic) bond motifs is 1. The summed E-state index contributed by atoms with van der Waals surface area (Å²) in [5.41, 5.74) is 2.83. The second-order valence-electron chi connectivity index (χ2n) is 5.10. The van der Waals surface area contributed by atoms with Crippen LogP contribution in [0.4, 0.5) is 11.4 Å². The molecule has 1 N–H and O–H groups in total. The average molecular weight is 323 g/mol. The lowest BCUT2D eigenvalue weighted by Gasteiger charge is -2.05. The Morgan fingerprint density at radius 3 is 2.75 bits per heavy atom. The number of carbonyl (C=O) groups is 1. The lowest BCUT2D eigenvalue weighted by Crippen LogP contribution is -1.96. The molecular formula is C17H13N3O4. The van der Waals surface area contributed by atoms with Crippen LogP contribution in [0.25, 0.3) is 16.7 Å². The summed E-state index contributed by atoms with van der Waals surface area (Å²) in [6.07, 6.45) is 2.10. The average Bonchev–Trinajstić information content (AvgIpc) is 3.00. The number of anilines is 1. The van der Waals surface area contributed by atoms with E-state index in [2.05, 4.69) is 10.3 Å². The zero-order valence-electron chi connectivity index (χ0n) is 12.7. The summed E-state index contributed by atoms with van der Waals surface area (Å²) >= 11 is 0. The Morgan fingerprint density at radius 2 is 2.08 bits per heavy atom. The SMILES string of the molecule is Cc1cc([N+](=O)[O-])ccc1NC=C(C=O)c1nc2ccccc2o1. The van der Waals surface area contributed by atoms with Crippen LogP contribution in [0.15, 0.2) is 53.1 Å². The molecule has 1 aromatic heterocycles. The minimum Gasteiger partial charge on any atom is -0.436 e. The molecule has 0 fully saturated rings. The van der Waals surface area contributed by atoms with Crippen LogP contribution in [0.2, 0.25) is 0 Å². The van der Waals surface area contributed by atoms with Crippen LogP contribution in [-0.2, 0) is 4.79 Å². The van der Waals surface area contributed by atoms with Crippen molar-refractivity contribution in [1.82, 2.24) is 4.98 Å². The molecule has 0 aliphatic rings. The third-order valence-electron chi connectivity index (χ3n) is 3.47. The van der Waals surface area contributed by atoms with Crippen LogP contribution in [0.1, 0.15) is 11.5 Å². The fraction of sp³-hybridized carbons (Fsp3) is 0.0588. The van der Waals surface area contributed by atoms with Gasteiger partial charge in [0, 0.05) is 24.0 Å².